The van der Waals surface area contributed by atoms with Gasteiger partial charge in [-0.05, 0) is 57.6 Å². The van der Waals surface area contributed by atoms with Crippen LogP contribution >= 0.6 is 0 Å². The van der Waals surface area contributed by atoms with Gasteiger partial charge in [0.1, 0.15) is 5.60 Å². The molecule has 7 heteroatoms. The van der Waals surface area contributed by atoms with Crippen LogP contribution in [0.5, 0.6) is 0 Å². The van der Waals surface area contributed by atoms with E-state index in [9.17, 15) is 18.3 Å². The van der Waals surface area contributed by atoms with E-state index in [0.29, 0.717) is 30.8 Å². The minimum atomic E-state index is -3.59. The lowest BCUT2D eigenvalue weighted by Crippen LogP contribution is -2.56. The van der Waals surface area contributed by atoms with E-state index in [4.69, 9.17) is 0 Å². The zero-order valence-corrected chi connectivity index (χ0v) is 16.6. The summed E-state index contributed by atoms with van der Waals surface area (Å²) in [7, 11) is -3.59. The topological polar surface area (TPSA) is 77.9 Å². The number of carbonyl (C=O) groups excluding carboxylic acids is 1. The number of aryl methyl sites for hydroxylation is 3. The summed E-state index contributed by atoms with van der Waals surface area (Å²) < 4.78 is 27.7. The largest absolute Gasteiger partial charge is 0.380 e. The molecule has 1 saturated heterocycles. The number of hydrogen-bond donors (Lipinski definition) is 1. The molecule has 1 amide bonds. The lowest BCUT2D eigenvalue weighted by Gasteiger charge is -2.37. The fraction of sp³-hybridized carbons (Fsp3) is 0.632. The van der Waals surface area contributed by atoms with Gasteiger partial charge >= 0.3 is 0 Å². The molecule has 0 atom stereocenters. The van der Waals surface area contributed by atoms with Crippen LogP contribution < -0.4 is 0 Å². The second-order valence-electron chi connectivity index (χ2n) is 7.66. The molecule has 6 nitrogen and oxygen atoms in total. The van der Waals surface area contributed by atoms with Gasteiger partial charge < -0.3 is 10.0 Å². The lowest BCUT2D eigenvalue weighted by atomic mass is 10.0. The molecule has 1 N–H and O–H groups in total. The number of rotatable bonds is 3. The van der Waals surface area contributed by atoms with Gasteiger partial charge in [-0.2, -0.15) is 4.31 Å². The molecule has 0 spiro atoms. The SMILES string of the molecule is Cc1cc(C)c(S(=O)(=O)N2CCN(C(=O)C3(O)CCCC3)CC2)c(C)c1. The number of amides is 1. The highest BCUT2D eigenvalue weighted by Gasteiger charge is 2.43. The van der Waals surface area contributed by atoms with Crippen LogP contribution in [-0.4, -0.2) is 60.4 Å². The summed E-state index contributed by atoms with van der Waals surface area (Å²) in [6.07, 6.45) is 2.74. The first-order valence-corrected chi connectivity index (χ1v) is 10.7. The van der Waals surface area contributed by atoms with Crippen LogP contribution in [0.3, 0.4) is 0 Å². The van der Waals surface area contributed by atoms with Crippen molar-refractivity contribution in [1.82, 2.24) is 9.21 Å². The summed E-state index contributed by atoms with van der Waals surface area (Å²) in [5.41, 5.74) is 1.30. The Morgan fingerprint density at radius 3 is 2.00 bits per heavy atom. The number of carbonyl (C=O) groups is 1. The predicted molar refractivity (Wildman–Crippen MR) is 99.4 cm³/mol. The van der Waals surface area contributed by atoms with E-state index in [1.54, 1.807) is 4.90 Å². The molecule has 1 heterocycles. The average molecular weight is 381 g/mol. The zero-order valence-electron chi connectivity index (χ0n) is 15.8. The van der Waals surface area contributed by atoms with Crippen LogP contribution in [0.4, 0.5) is 0 Å². The zero-order chi connectivity index (χ0) is 19.1. The maximum absolute atomic E-state index is 13.1. The van der Waals surface area contributed by atoms with E-state index < -0.39 is 15.6 Å². The molecule has 3 rings (SSSR count). The summed E-state index contributed by atoms with van der Waals surface area (Å²) in [6, 6.07) is 3.77. The molecule has 2 fully saturated rings. The van der Waals surface area contributed by atoms with Crippen molar-refractivity contribution in [3.63, 3.8) is 0 Å². The third-order valence-corrected chi connectivity index (χ3v) is 7.76. The van der Waals surface area contributed by atoms with Gasteiger partial charge in [0.15, 0.2) is 0 Å². The van der Waals surface area contributed by atoms with Crippen molar-refractivity contribution in [2.24, 2.45) is 0 Å². The molecule has 0 aromatic heterocycles. The van der Waals surface area contributed by atoms with Gasteiger partial charge in [-0.3, -0.25) is 4.79 Å². The third-order valence-electron chi connectivity index (χ3n) is 5.56. The van der Waals surface area contributed by atoms with E-state index in [2.05, 4.69) is 0 Å². The molecule has 2 aliphatic rings. The molecule has 1 aliphatic carbocycles. The fourth-order valence-electron chi connectivity index (χ4n) is 4.30. The summed E-state index contributed by atoms with van der Waals surface area (Å²) in [4.78, 5) is 14.6. The Kier molecular flexibility index (Phi) is 5.16. The van der Waals surface area contributed by atoms with Crippen molar-refractivity contribution in [1.29, 1.82) is 0 Å². The quantitative estimate of drug-likeness (QED) is 0.867. The third kappa shape index (κ3) is 3.40. The highest BCUT2D eigenvalue weighted by atomic mass is 32.2. The Labute approximate surface area is 155 Å². The Hall–Kier alpha value is -1.44. The van der Waals surface area contributed by atoms with Crippen molar-refractivity contribution in [2.75, 3.05) is 26.2 Å². The van der Waals surface area contributed by atoms with Gasteiger partial charge in [-0.1, -0.05) is 17.7 Å². The second-order valence-corrected chi connectivity index (χ2v) is 9.54. The highest BCUT2D eigenvalue weighted by Crippen LogP contribution is 2.32. The second kappa shape index (κ2) is 6.94. The van der Waals surface area contributed by atoms with E-state index in [1.165, 1.54) is 4.31 Å². The van der Waals surface area contributed by atoms with E-state index in [-0.39, 0.29) is 19.0 Å². The maximum Gasteiger partial charge on any atom is 0.254 e. The van der Waals surface area contributed by atoms with Crippen molar-refractivity contribution < 1.29 is 18.3 Å². The van der Waals surface area contributed by atoms with Gasteiger partial charge in [0, 0.05) is 26.2 Å². The molecule has 1 aliphatic heterocycles. The molecule has 0 bridgehead atoms. The monoisotopic (exact) mass is 380 g/mol. The van der Waals surface area contributed by atoms with E-state index >= 15 is 0 Å². The van der Waals surface area contributed by atoms with Gasteiger partial charge in [-0.15, -0.1) is 0 Å². The van der Waals surface area contributed by atoms with Crippen molar-refractivity contribution in [3.8, 4) is 0 Å². The van der Waals surface area contributed by atoms with E-state index in [0.717, 1.165) is 29.5 Å². The van der Waals surface area contributed by atoms with Gasteiger partial charge in [0.25, 0.3) is 5.91 Å². The summed E-state index contributed by atoms with van der Waals surface area (Å²) in [6.45, 7) is 6.77. The summed E-state index contributed by atoms with van der Waals surface area (Å²) >= 11 is 0. The van der Waals surface area contributed by atoms with Crippen molar-refractivity contribution >= 4 is 15.9 Å². The minimum absolute atomic E-state index is 0.241. The Bertz CT molecular complexity index is 782. The summed E-state index contributed by atoms with van der Waals surface area (Å²) in [5.74, 6) is -0.241. The van der Waals surface area contributed by atoms with Crippen LogP contribution in [-0.2, 0) is 14.8 Å². The number of benzene rings is 1. The van der Waals surface area contributed by atoms with Crippen LogP contribution in [0.2, 0.25) is 0 Å². The van der Waals surface area contributed by atoms with Gasteiger partial charge in [-0.25, -0.2) is 8.42 Å². The standard InChI is InChI=1S/C19H28N2O4S/c1-14-12-15(2)17(16(3)13-14)26(24,25)21-10-8-20(9-11-21)18(22)19(23)6-4-5-7-19/h12-13,23H,4-11H2,1-3H3. The first-order chi connectivity index (χ1) is 12.1. The van der Waals surface area contributed by atoms with Crippen LogP contribution in [0.25, 0.3) is 0 Å². The first kappa shape index (κ1) is 19.3. The van der Waals surface area contributed by atoms with Crippen LogP contribution in [0, 0.1) is 20.8 Å². The molecule has 0 radical (unpaired) electrons. The van der Waals surface area contributed by atoms with Crippen molar-refractivity contribution in [3.05, 3.63) is 28.8 Å². The molecule has 0 unspecified atom stereocenters. The smallest absolute Gasteiger partial charge is 0.254 e. The first-order valence-electron chi connectivity index (χ1n) is 9.25. The van der Waals surface area contributed by atoms with Gasteiger partial charge in [0.2, 0.25) is 10.0 Å². The van der Waals surface area contributed by atoms with Crippen LogP contribution in [0.1, 0.15) is 42.4 Å². The summed E-state index contributed by atoms with van der Waals surface area (Å²) in [5, 5.41) is 10.5. The Morgan fingerprint density at radius 2 is 1.50 bits per heavy atom. The number of hydrogen-bond acceptors (Lipinski definition) is 4. The highest BCUT2D eigenvalue weighted by molar-refractivity contribution is 7.89. The van der Waals surface area contributed by atoms with Crippen molar-refractivity contribution in [2.45, 2.75) is 57.0 Å². The molecule has 144 valence electrons. The predicted octanol–water partition coefficient (Wildman–Crippen LogP) is 1.75. The number of sulfonamides is 1. The maximum atomic E-state index is 13.1. The lowest BCUT2D eigenvalue weighted by molar-refractivity contribution is -0.151. The average Bonchev–Trinajstić information content (AvgIpc) is 3.01. The molecular weight excluding hydrogens is 352 g/mol. The van der Waals surface area contributed by atoms with E-state index in [1.807, 2.05) is 32.9 Å². The molecular formula is C19H28N2O4S. The molecule has 1 aromatic carbocycles. The normalized spacial score (nSPS) is 21.2. The Morgan fingerprint density at radius 1 is 1.00 bits per heavy atom. The molecule has 1 saturated carbocycles. The number of aliphatic hydroxyl groups is 1. The Balaban J connectivity index is 1.74. The molecule has 26 heavy (non-hydrogen) atoms. The number of piperazine rings is 1. The van der Waals surface area contributed by atoms with Crippen LogP contribution in [0.15, 0.2) is 17.0 Å². The van der Waals surface area contributed by atoms with Gasteiger partial charge in [0.05, 0.1) is 4.90 Å². The number of nitrogens with zero attached hydrogens (tertiary/aromatic N) is 2. The fourth-order valence-corrected chi connectivity index (χ4v) is 6.14. The minimum Gasteiger partial charge on any atom is -0.380 e. The molecule has 1 aromatic rings.